The van der Waals surface area contributed by atoms with Crippen LogP contribution in [0.15, 0.2) is 0 Å². The lowest BCUT2D eigenvalue weighted by atomic mass is 9.79. The molecule has 0 bridgehead atoms. The first-order chi connectivity index (χ1) is 7.22. The molecule has 0 spiro atoms. The lowest BCUT2D eigenvalue weighted by Gasteiger charge is -2.28. The van der Waals surface area contributed by atoms with E-state index in [9.17, 15) is 9.90 Å². The van der Waals surface area contributed by atoms with Crippen molar-refractivity contribution in [2.45, 2.75) is 65.9 Å². The first-order valence-corrected chi connectivity index (χ1v) is 6.21. The zero-order valence-corrected chi connectivity index (χ0v) is 11.4. The van der Waals surface area contributed by atoms with E-state index in [1.165, 1.54) is 0 Å². The Balaban J connectivity index is 4.11. The van der Waals surface area contributed by atoms with Crippen LogP contribution in [0.2, 0.25) is 0 Å². The zero-order valence-electron chi connectivity index (χ0n) is 11.4. The van der Waals surface area contributed by atoms with Crippen LogP contribution in [0, 0.1) is 5.41 Å². The van der Waals surface area contributed by atoms with E-state index in [0.29, 0.717) is 13.0 Å². The Morgan fingerprint density at radius 1 is 1.25 bits per heavy atom. The highest BCUT2D eigenvalue weighted by atomic mass is 16.3. The molecule has 0 fully saturated rings. The summed E-state index contributed by atoms with van der Waals surface area (Å²) in [4.78, 5) is 11.7. The Morgan fingerprint density at radius 3 is 2.19 bits per heavy atom. The third-order valence-electron chi connectivity index (χ3n) is 3.01. The molecule has 0 aliphatic rings. The van der Waals surface area contributed by atoms with Gasteiger partial charge in [-0.05, 0) is 25.7 Å². The summed E-state index contributed by atoms with van der Waals surface area (Å²) in [7, 11) is 0. The molecule has 1 amide bonds. The average molecular weight is 229 g/mol. The largest absolute Gasteiger partial charge is 0.389 e. The van der Waals surface area contributed by atoms with Gasteiger partial charge in [-0.3, -0.25) is 4.79 Å². The van der Waals surface area contributed by atoms with Crippen LogP contribution in [-0.2, 0) is 4.79 Å². The van der Waals surface area contributed by atoms with E-state index in [-0.39, 0.29) is 11.3 Å². The highest BCUT2D eigenvalue weighted by Gasteiger charge is 2.25. The van der Waals surface area contributed by atoms with Crippen LogP contribution >= 0.6 is 0 Å². The van der Waals surface area contributed by atoms with Crippen molar-refractivity contribution in [1.29, 1.82) is 0 Å². The molecule has 0 aromatic carbocycles. The number of hydrogen-bond acceptors (Lipinski definition) is 2. The van der Waals surface area contributed by atoms with Crippen molar-refractivity contribution in [1.82, 2.24) is 5.32 Å². The fourth-order valence-corrected chi connectivity index (χ4v) is 1.76. The van der Waals surface area contributed by atoms with Gasteiger partial charge in [0.1, 0.15) is 0 Å². The highest BCUT2D eigenvalue weighted by molar-refractivity contribution is 5.76. The molecular weight excluding hydrogens is 202 g/mol. The Morgan fingerprint density at radius 2 is 1.81 bits per heavy atom. The molecule has 2 N–H and O–H groups in total. The van der Waals surface area contributed by atoms with Gasteiger partial charge in [-0.2, -0.15) is 0 Å². The molecule has 1 unspecified atom stereocenters. The first-order valence-electron chi connectivity index (χ1n) is 6.21. The molecule has 0 saturated carbocycles. The van der Waals surface area contributed by atoms with Crippen molar-refractivity contribution < 1.29 is 9.90 Å². The van der Waals surface area contributed by atoms with Crippen LogP contribution in [0.25, 0.3) is 0 Å². The number of carbonyl (C=O) groups excluding carboxylic acids is 1. The summed E-state index contributed by atoms with van der Waals surface area (Å²) in [6.45, 7) is 10.1. The second-order valence-corrected chi connectivity index (χ2v) is 5.68. The minimum absolute atomic E-state index is 0.0416. The van der Waals surface area contributed by atoms with E-state index in [1.807, 2.05) is 0 Å². The van der Waals surface area contributed by atoms with Gasteiger partial charge in [0.05, 0.1) is 5.60 Å². The molecule has 0 radical (unpaired) electrons. The van der Waals surface area contributed by atoms with Gasteiger partial charge < -0.3 is 10.4 Å². The number of amides is 1. The van der Waals surface area contributed by atoms with E-state index < -0.39 is 5.60 Å². The summed E-state index contributed by atoms with van der Waals surface area (Å²) in [5, 5.41) is 12.3. The van der Waals surface area contributed by atoms with Crippen molar-refractivity contribution in [2.75, 3.05) is 6.54 Å². The van der Waals surface area contributed by atoms with Crippen LogP contribution in [-0.4, -0.2) is 23.2 Å². The summed E-state index contributed by atoms with van der Waals surface area (Å²) < 4.78 is 0. The molecule has 0 heterocycles. The second kappa shape index (κ2) is 6.24. The number of aliphatic hydroxyl groups is 1. The van der Waals surface area contributed by atoms with Crippen molar-refractivity contribution >= 4 is 5.91 Å². The quantitative estimate of drug-likeness (QED) is 0.704. The summed E-state index contributed by atoms with van der Waals surface area (Å²) in [6.07, 6.45) is 3.73. The molecular formula is C13H27NO2. The molecule has 16 heavy (non-hydrogen) atoms. The van der Waals surface area contributed by atoms with Gasteiger partial charge in [0.2, 0.25) is 5.91 Å². The summed E-state index contributed by atoms with van der Waals surface area (Å²) >= 11 is 0. The van der Waals surface area contributed by atoms with Crippen LogP contribution in [0.3, 0.4) is 0 Å². The van der Waals surface area contributed by atoms with E-state index in [1.54, 1.807) is 13.8 Å². The number of nitrogens with one attached hydrogen (secondary N) is 1. The summed E-state index contributed by atoms with van der Waals surface area (Å²) in [6, 6.07) is 0. The lowest BCUT2D eigenvalue weighted by Crippen LogP contribution is -2.39. The highest BCUT2D eigenvalue weighted by Crippen LogP contribution is 2.31. The Labute approximate surface area is 99.6 Å². The SMILES string of the molecule is CCCC(C)(CC)CC(=O)NCC(C)(C)O. The molecule has 0 aromatic rings. The predicted octanol–water partition coefficient (Wildman–Crippen LogP) is 2.48. The van der Waals surface area contributed by atoms with Gasteiger partial charge in [0, 0.05) is 13.0 Å². The van der Waals surface area contributed by atoms with Crippen molar-refractivity contribution in [3.8, 4) is 0 Å². The molecule has 96 valence electrons. The monoisotopic (exact) mass is 229 g/mol. The molecule has 3 nitrogen and oxygen atoms in total. The Hall–Kier alpha value is -0.570. The number of rotatable bonds is 7. The third kappa shape index (κ3) is 6.83. The Bertz CT molecular complexity index is 220. The molecule has 0 aliphatic heterocycles. The van der Waals surface area contributed by atoms with Gasteiger partial charge in [-0.15, -0.1) is 0 Å². The zero-order chi connectivity index (χ0) is 12.8. The van der Waals surface area contributed by atoms with Gasteiger partial charge in [-0.25, -0.2) is 0 Å². The van der Waals surface area contributed by atoms with Crippen LogP contribution < -0.4 is 5.32 Å². The average Bonchev–Trinajstić information content (AvgIpc) is 2.14. The number of hydrogen-bond donors (Lipinski definition) is 2. The molecule has 3 heteroatoms. The minimum atomic E-state index is -0.830. The van der Waals surface area contributed by atoms with Crippen molar-refractivity contribution in [3.63, 3.8) is 0 Å². The van der Waals surface area contributed by atoms with E-state index in [0.717, 1.165) is 19.3 Å². The normalized spacial score (nSPS) is 15.6. The Kier molecular flexibility index (Phi) is 6.01. The maximum atomic E-state index is 11.7. The van der Waals surface area contributed by atoms with Crippen molar-refractivity contribution in [3.05, 3.63) is 0 Å². The standard InChI is InChI=1S/C13H27NO2/c1-6-8-13(5,7-2)9-11(15)14-10-12(3,4)16/h16H,6-10H2,1-5H3,(H,14,15). The van der Waals surface area contributed by atoms with Gasteiger partial charge in [0.25, 0.3) is 0 Å². The first kappa shape index (κ1) is 15.4. The summed E-state index contributed by atoms with van der Waals surface area (Å²) in [5.41, 5.74) is -0.735. The maximum absolute atomic E-state index is 11.7. The fraction of sp³-hybridized carbons (Fsp3) is 0.923. The minimum Gasteiger partial charge on any atom is -0.389 e. The van der Waals surface area contributed by atoms with E-state index in [4.69, 9.17) is 0 Å². The van der Waals surface area contributed by atoms with Gasteiger partial charge in [-0.1, -0.05) is 33.6 Å². The van der Waals surface area contributed by atoms with Crippen molar-refractivity contribution in [2.24, 2.45) is 5.41 Å². The maximum Gasteiger partial charge on any atom is 0.220 e. The topological polar surface area (TPSA) is 49.3 Å². The predicted molar refractivity (Wildman–Crippen MR) is 67.2 cm³/mol. The second-order valence-electron chi connectivity index (χ2n) is 5.68. The number of carbonyl (C=O) groups is 1. The van der Waals surface area contributed by atoms with Crippen LogP contribution in [0.4, 0.5) is 0 Å². The smallest absolute Gasteiger partial charge is 0.220 e. The lowest BCUT2D eigenvalue weighted by molar-refractivity contribution is -0.124. The molecule has 0 saturated heterocycles. The van der Waals surface area contributed by atoms with Gasteiger partial charge >= 0.3 is 0 Å². The molecule has 0 rings (SSSR count). The fourth-order valence-electron chi connectivity index (χ4n) is 1.76. The molecule has 1 atom stereocenters. The molecule has 0 aromatic heterocycles. The van der Waals surface area contributed by atoms with Gasteiger partial charge in [0.15, 0.2) is 0 Å². The molecule has 0 aliphatic carbocycles. The summed E-state index contributed by atoms with van der Waals surface area (Å²) in [5.74, 6) is 0.0416. The third-order valence-corrected chi connectivity index (χ3v) is 3.01. The van der Waals surface area contributed by atoms with Crippen LogP contribution in [0.1, 0.15) is 60.3 Å². The van der Waals surface area contributed by atoms with E-state index >= 15 is 0 Å². The van der Waals surface area contributed by atoms with Crippen LogP contribution in [0.5, 0.6) is 0 Å². The van der Waals surface area contributed by atoms with E-state index in [2.05, 4.69) is 26.1 Å².